The third-order valence-corrected chi connectivity index (χ3v) is 4.02. The minimum Gasteiger partial charge on any atom is -0.299 e. The van der Waals surface area contributed by atoms with Gasteiger partial charge in [-0.15, -0.1) is 0 Å². The Labute approximate surface area is 116 Å². The lowest BCUT2D eigenvalue weighted by molar-refractivity contribution is -0.197. The molecule has 0 saturated heterocycles. The highest BCUT2D eigenvalue weighted by atomic mass is 19.4. The largest absolute Gasteiger partial charge is 0.392 e. The van der Waals surface area contributed by atoms with Crippen LogP contribution in [0.2, 0.25) is 0 Å². The van der Waals surface area contributed by atoms with E-state index in [1.54, 1.807) is 24.1 Å². The molecule has 6 heteroatoms. The van der Waals surface area contributed by atoms with Crippen LogP contribution in [0.1, 0.15) is 37.7 Å². The Bertz CT molecular complexity index is 467. The maximum atomic E-state index is 13.0. The molecule has 112 valence electrons. The van der Waals surface area contributed by atoms with Gasteiger partial charge in [0, 0.05) is 25.6 Å². The minimum absolute atomic E-state index is 0.0901. The van der Waals surface area contributed by atoms with Gasteiger partial charge in [-0.2, -0.15) is 18.3 Å². The van der Waals surface area contributed by atoms with Gasteiger partial charge in [0.25, 0.3) is 0 Å². The fourth-order valence-electron chi connectivity index (χ4n) is 2.96. The second-order valence-electron chi connectivity index (χ2n) is 5.53. The van der Waals surface area contributed by atoms with Crippen LogP contribution in [-0.4, -0.2) is 21.7 Å². The van der Waals surface area contributed by atoms with Crippen LogP contribution in [-0.2, 0) is 18.3 Å². The van der Waals surface area contributed by atoms with Gasteiger partial charge < -0.3 is 0 Å². The van der Waals surface area contributed by atoms with Crippen molar-refractivity contribution in [3.8, 4) is 0 Å². The van der Waals surface area contributed by atoms with E-state index in [2.05, 4.69) is 5.10 Å². The van der Waals surface area contributed by atoms with Crippen molar-refractivity contribution >= 4 is 5.78 Å². The first-order valence-electron chi connectivity index (χ1n) is 6.95. The van der Waals surface area contributed by atoms with Gasteiger partial charge in [-0.25, -0.2) is 0 Å². The summed E-state index contributed by atoms with van der Waals surface area (Å²) in [6.07, 6.45) is 1.56. The molecule has 2 unspecified atom stereocenters. The lowest BCUT2D eigenvalue weighted by Gasteiger charge is -2.32. The molecule has 1 aromatic rings. The van der Waals surface area contributed by atoms with Crippen LogP contribution >= 0.6 is 0 Å². The Morgan fingerprint density at radius 2 is 2.10 bits per heavy atom. The van der Waals surface area contributed by atoms with E-state index in [1.165, 1.54) is 0 Å². The standard InChI is InChI=1S/C14H19F3N2O/c1-19-9-10(8-18-19)6-7-13(20)11-4-2-3-5-12(11)14(15,16)17/h8-9,11-12H,2-7H2,1H3. The number of carbonyl (C=O) groups excluding carboxylic acids is 1. The van der Waals surface area contributed by atoms with Crippen molar-refractivity contribution in [1.29, 1.82) is 0 Å². The Balaban J connectivity index is 1.96. The van der Waals surface area contributed by atoms with E-state index in [-0.39, 0.29) is 18.6 Å². The summed E-state index contributed by atoms with van der Waals surface area (Å²) in [5.41, 5.74) is 0.889. The Morgan fingerprint density at radius 3 is 2.70 bits per heavy atom. The Morgan fingerprint density at radius 1 is 1.40 bits per heavy atom. The fraction of sp³-hybridized carbons (Fsp3) is 0.714. The van der Waals surface area contributed by atoms with E-state index in [0.29, 0.717) is 19.3 Å². The quantitative estimate of drug-likeness (QED) is 0.852. The number of aromatic nitrogens is 2. The molecule has 1 aromatic heterocycles. The summed E-state index contributed by atoms with van der Waals surface area (Å²) in [5.74, 6) is -2.55. The highest BCUT2D eigenvalue weighted by Crippen LogP contribution is 2.42. The maximum Gasteiger partial charge on any atom is 0.392 e. The summed E-state index contributed by atoms with van der Waals surface area (Å²) in [6.45, 7) is 0. The van der Waals surface area contributed by atoms with Crippen molar-refractivity contribution in [2.75, 3.05) is 0 Å². The highest BCUT2D eigenvalue weighted by Gasteiger charge is 2.47. The van der Waals surface area contributed by atoms with Crippen LogP contribution in [0, 0.1) is 11.8 Å². The van der Waals surface area contributed by atoms with Gasteiger partial charge in [0.05, 0.1) is 12.1 Å². The zero-order chi connectivity index (χ0) is 14.8. The second-order valence-corrected chi connectivity index (χ2v) is 5.53. The molecule has 1 fully saturated rings. The number of rotatable bonds is 4. The third-order valence-electron chi connectivity index (χ3n) is 4.02. The van der Waals surface area contributed by atoms with E-state index >= 15 is 0 Å². The summed E-state index contributed by atoms with van der Waals surface area (Å²) in [7, 11) is 1.77. The number of hydrogen-bond donors (Lipinski definition) is 0. The molecule has 0 bridgehead atoms. The average molecular weight is 288 g/mol. The number of hydrogen-bond acceptors (Lipinski definition) is 2. The molecule has 0 amide bonds. The first-order chi connectivity index (χ1) is 9.38. The molecule has 20 heavy (non-hydrogen) atoms. The van der Waals surface area contributed by atoms with Crippen LogP contribution in [0.3, 0.4) is 0 Å². The predicted molar refractivity (Wildman–Crippen MR) is 68.0 cm³/mol. The molecular formula is C14H19F3N2O. The fourth-order valence-corrected chi connectivity index (χ4v) is 2.96. The number of ketones is 1. The maximum absolute atomic E-state index is 13.0. The van der Waals surface area contributed by atoms with E-state index in [1.807, 2.05) is 0 Å². The lowest BCUT2D eigenvalue weighted by atomic mass is 9.75. The number of halogens is 3. The zero-order valence-corrected chi connectivity index (χ0v) is 11.5. The molecule has 1 aliphatic rings. The molecule has 0 aliphatic heterocycles. The van der Waals surface area contributed by atoms with Crippen LogP contribution in [0.4, 0.5) is 13.2 Å². The smallest absolute Gasteiger partial charge is 0.299 e. The van der Waals surface area contributed by atoms with Crippen molar-refractivity contribution in [3.63, 3.8) is 0 Å². The number of nitrogens with zero attached hydrogens (tertiary/aromatic N) is 2. The average Bonchev–Trinajstić information content (AvgIpc) is 2.81. The topological polar surface area (TPSA) is 34.9 Å². The van der Waals surface area contributed by atoms with Crippen molar-refractivity contribution in [1.82, 2.24) is 9.78 Å². The summed E-state index contributed by atoms with van der Waals surface area (Å²) in [6, 6.07) is 0. The molecule has 0 spiro atoms. The molecule has 0 aromatic carbocycles. The van der Waals surface area contributed by atoms with Crippen molar-refractivity contribution in [2.45, 2.75) is 44.7 Å². The van der Waals surface area contributed by atoms with Crippen molar-refractivity contribution in [3.05, 3.63) is 18.0 Å². The number of aryl methyl sites for hydroxylation is 2. The van der Waals surface area contributed by atoms with E-state index in [0.717, 1.165) is 12.0 Å². The van der Waals surface area contributed by atoms with E-state index in [4.69, 9.17) is 0 Å². The predicted octanol–water partition coefficient (Wildman–Crippen LogP) is 3.29. The van der Waals surface area contributed by atoms with Crippen molar-refractivity contribution in [2.24, 2.45) is 18.9 Å². The first-order valence-corrected chi connectivity index (χ1v) is 6.95. The number of alkyl halides is 3. The SMILES string of the molecule is Cn1cc(CCC(=O)C2CCCCC2C(F)(F)F)cn1. The Hall–Kier alpha value is -1.33. The summed E-state index contributed by atoms with van der Waals surface area (Å²) in [4.78, 5) is 12.1. The normalized spacial score (nSPS) is 23.8. The highest BCUT2D eigenvalue weighted by molar-refractivity contribution is 5.81. The second kappa shape index (κ2) is 5.97. The molecule has 3 nitrogen and oxygen atoms in total. The molecule has 1 heterocycles. The molecule has 2 atom stereocenters. The molecule has 1 aliphatic carbocycles. The van der Waals surface area contributed by atoms with Crippen molar-refractivity contribution < 1.29 is 18.0 Å². The number of carbonyl (C=O) groups is 1. The van der Waals surface area contributed by atoms with Gasteiger partial charge in [-0.1, -0.05) is 12.8 Å². The molecule has 1 saturated carbocycles. The monoisotopic (exact) mass is 288 g/mol. The van der Waals surface area contributed by atoms with Gasteiger partial charge in [-0.05, 0) is 24.8 Å². The van der Waals surface area contributed by atoms with E-state index < -0.39 is 18.0 Å². The third kappa shape index (κ3) is 3.61. The Kier molecular flexibility index (Phi) is 4.50. The molecule has 0 N–H and O–H groups in total. The zero-order valence-electron chi connectivity index (χ0n) is 11.5. The van der Waals surface area contributed by atoms with Gasteiger partial charge in [-0.3, -0.25) is 9.48 Å². The first kappa shape index (κ1) is 15.1. The van der Waals surface area contributed by atoms with E-state index in [9.17, 15) is 18.0 Å². The molecule has 0 radical (unpaired) electrons. The van der Waals surface area contributed by atoms with Gasteiger partial charge >= 0.3 is 6.18 Å². The minimum atomic E-state index is -4.25. The van der Waals surface area contributed by atoms with Gasteiger partial charge in [0.1, 0.15) is 5.78 Å². The van der Waals surface area contributed by atoms with Gasteiger partial charge in [0.15, 0.2) is 0 Å². The van der Waals surface area contributed by atoms with Crippen LogP contribution < -0.4 is 0 Å². The molecular weight excluding hydrogens is 269 g/mol. The summed E-state index contributed by atoms with van der Waals surface area (Å²) < 4.78 is 40.5. The summed E-state index contributed by atoms with van der Waals surface area (Å²) in [5, 5.41) is 3.99. The van der Waals surface area contributed by atoms with Crippen LogP contribution in [0.25, 0.3) is 0 Å². The molecule has 2 rings (SSSR count). The van der Waals surface area contributed by atoms with Crippen LogP contribution in [0.5, 0.6) is 0 Å². The van der Waals surface area contributed by atoms with Crippen LogP contribution in [0.15, 0.2) is 12.4 Å². The van der Waals surface area contributed by atoms with Gasteiger partial charge in [0.2, 0.25) is 0 Å². The lowest BCUT2D eigenvalue weighted by Crippen LogP contribution is -2.37. The number of Topliss-reactive ketones (excluding diaryl/α,β-unsaturated/α-hetero) is 1. The summed E-state index contributed by atoms with van der Waals surface area (Å²) >= 11 is 0.